The Morgan fingerprint density at radius 2 is 1.26 bits per heavy atom. The van der Waals surface area contributed by atoms with Crippen molar-refractivity contribution in [3.05, 3.63) is 60.7 Å². The zero-order chi connectivity index (χ0) is 25.9. The molecule has 1 atom stereocenters. The second-order valence-electron chi connectivity index (χ2n) is 9.03. The Morgan fingerprint density at radius 1 is 0.800 bits per heavy atom. The lowest BCUT2D eigenvalue weighted by molar-refractivity contribution is -0.138. The number of aliphatic hydroxyl groups is 1. The maximum absolute atomic E-state index is 11.5. The van der Waals surface area contributed by atoms with Crippen LogP contribution in [0, 0.1) is 7.14 Å². The van der Waals surface area contributed by atoms with Crippen LogP contribution in [0.4, 0.5) is 0 Å². The molecular weight excluding hydrogens is 666 g/mol. The van der Waals surface area contributed by atoms with Gasteiger partial charge in [0.25, 0.3) is 0 Å². The van der Waals surface area contributed by atoms with Crippen LogP contribution < -0.4 is 0 Å². The number of hydrogen-bond acceptors (Lipinski definition) is 3. The first-order chi connectivity index (χ1) is 16.9. The predicted molar refractivity (Wildman–Crippen MR) is 162 cm³/mol. The van der Waals surface area contributed by atoms with Crippen molar-refractivity contribution in [3.63, 3.8) is 0 Å². The zero-order valence-electron chi connectivity index (χ0n) is 21.0. The average Bonchev–Trinajstić information content (AvgIpc) is 2.85. The van der Waals surface area contributed by atoms with Crippen LogP contribution in [0.3, 0.4) is 0 Å². The van der Waals surface area contributed by atoms with Crippen molar-refractivity contribution in [1.29, 1.82) is 0 Å². The molecule has 0 fully saturated rings. The molecule has 0 aliphatic heterocycles. The van der Waals surface area contributed by atoms with Gasteiger partial charge in [-0.3, -0.25) is 4.79 Å². The van der Waals surface area contributed by atoms with E-state index in [0.29, 0.717) is 13.0 Å². The van der Waals surface area contributed by atoms with Gasteiger partial charge in [0.15, 0.2) is 0 Å². The number of aromatic hydroxyl groups is 1. The van der Waals surface area contributed by atoms with Gasteiger partial charge in [-0.2, -0.15) is 0 Å². The topological polar surface area (TPSA) is 77.8 Å². The molecule has 0 aliphatic carbocycles. The highest BCUT2D eigenvalue weighted by atomic mass is 127. The van der Waals surface area contributed by atoms with Gasteiger partial charge in [0.1, 0.15) is 5.75 Å². The summed E-state index contributed by atoms with van der Waals surface area (Å²) in [7, 11) is 0. The van der Waals surface area contributed by atoms with Gasteiger partial charge < -0.3 is 15.3 Å². The number of hydrogen-bond donors (Lipinski definition) is 3. The van der Waals surface area contributed by atoms with Crippen molar-refractivity contribution < 1.29 is 20.1 Å². The van der Waals surface area contributed by atoms with E-state index < -0.39 is 11.9 Å². The van der Waals surface area contributed by atoms with Crippen molar-refractivity contribution in [3.8, 4) is 5.75 Å². The Bertz CT molecular complexity index is 792. The molecule has 4 nitrogen and oxygen atoms in total. The number of halogens is 2. The summed E-state index contributed by atoms with van der Waals surface area (Å²) in [6, 6.07) is 12.9. The SMILES string of the molecule is CCCCCCCCCCCCCCO.O=C(O)C(Cc1cc(I)c(O)c(I)c1)c1ccccc1. The largest absolute Gasteiger partial charge is 0.506 e. The van der Waals surface area contributed by atoms with Crippen LogP contribution in [0.2, 0.25) is 0 Å². The van der Waals surface area contributed by atoms with E-state index in [1.165, 1.54) is 70.6 Å². The molecule has 1 unspecified atom stereocenters. The quantitative estimate of drug-likeness (QED) is 0.121. The Balaban J connectivity index is 0.000000367. The van der Waals surface area contributed by atoms with E-state index in [1.54, 1.807) is 0 Å². The molecule has 35 heavy (non-hydrogen) atoms. The van der Waals surface area contributed by atoms with Crippen LogP contribution in [-0.2, 0) is 11.2 Å². The number of carbonyl (C=O) groups is 1. The smallest absolute Gasteiger partial charge is 0.311 e. The number of benzene rings is 2. The summed E-state index contributed by atoms with van der Waals surface area (Å²) in [4.78, 5) is 11.5. The lowest BCUT2D eigenvalue weighted by Gasteiger charge is -2.14. The molecule has 0 heterocycles. The van der Waals surface area contributed by atoms with Crippen LogP contribution in [0.1, 0.15) is 101 Å². The van der Waals surface area contributed by atoms with Crippen LogP contribution in [-0.4, -0.2) is 27.9 Å². The number of carboxylic acids is 1. The molecule has 2 aromatic rings. The van der Waals surface area contributed by atoms with Crippen LogP contribution in [0.15, 0.2) is 42.5 Å². The molecule has 6 heteroatoms. The van der Waals surface area contributed by atoms with Crippen molar-refractivity contribution >= 4 is 51.2 Å². The van der Waals surface area contributed by atoms with E-state index in [2.05, 4.69) is 52.1 Å². The minimum atomic E-state index is -0.839. The number of unbranched alkanes of at least 4 members (excludes halogenated alkanes) is 11. The number of aliphatic carboxylic acids is 1. The predicted octanol–water partition coefficient (Wildman–Crippen LogP) is 8.69. The maximum atomic E-state index is 11.5. The second-order valence-corrected chi connectivity index (χ2v) is 11.4. The Kier molecular flexibility index (Phi) is 18.6. The van der Waals surface area contributed by atoms with Crippen molar-refractivity contribution in [2.24, 2.45) is 0 Å². The fraction of sp³-hybridized carbons (Fsp3) is 0.552. The Morgan fingerprint density at radius 3 is 1.69 bits per heavy atom. The van der Waals surface area contributed by atoms with Crippen LogP contribution in [0.5, 0.6) is 5.75 Å². The van der Waals surface area contributed by atoms with Gasteiger partial charge in [0.2, 0.25) is 0 Å². The van der Waals surface area contributed by atoms with Gasteiger partial charge in [-0.1, -0.05) is 108 Å². The molecule has 0 spiro atoms. The highest BCUT2D eigenvalue weighted by molar-refractivity contribution is 14.1. The lowest BCUT2D eigenvalue weighted by atomic mass is 9.92. The lowest BCUT2D eigenvalue weighted by Crippen LogP contribution is -2.14. The molecule has 0 amide bonds. The third-order valence-corrected chi connectivity index (χ3v) is 7.67. The molecule has 0 aromatic heterocycles. The van der Waals surface area contributed by atoms with Gasteiger partial charge in [-0.15, -0.1) is 0 Å². The number of phenols is 1. The summed E-state index contributed by atoms with van der Waals surface area (Å²) in [5.74, 6) is -1.16. The van der Waals surface area contributed by atoms with Gasteiger partial charge in [-0.25, -0.2) is 0 Å². The molecule has 2 aromatic carbocycles. The summed E-state index contributed by atoms with van der Waals surface area (Å²) in [6.07, 6.45) is 16.7. The van der Waals surface area contributed by atoms with Crippen molar-refractivity contribution in [1.82, 2.24) is 0 Å². The summed E-state index contributed by atoms with van der Waals surface area (Å²) in [5, 5.41) is 27.8. The molecule has 0 bridgehead atoms. The first-order valence-corrected chi connectivity index (χ1v) is 15.1. The van der Waals surface area contributed by atoms with E-state index in [9.17, 15) is 15.0 Å². The first-order valence-electron chi connectivity index (χ1n) is 13.0. The van der Waals surface area contributed by atoms with E-state index >= 15 is 0 Å². The number of phenolic OH excluding ortho intramolecular Hbond substituents is 1. The fourth-order valence-corrected chi connectivity index (χ4v) is 5.85. The average molecular weight is 708 g/mol. The molecular formula is C29H42I2O4. The van der Waals surface area contributed by atoms with E-state index in [0.717, 1.165) is 24.7 Å². The molecule has 3 N–H and O–H groups in total. The molecule has 0 radical (unpaired) electrons. The highest BCUT2D eigenvalue weighted by Gasteiger charge is 2.21. The van der Waals surface area contributed by atoms with E-state index in [1.807, 2.05) is 42.5 Å². The summed E-state index contributed by atoms with van der Waals surface area (Å²) in [5.41, 5.74) is 1.70. The molecule has 0 saturated carbocycles. The zero-order valence-corrected chi connectivity index (χ0v) is 25.3. The third kappa shape index (κ3) is 14.5. The minimum Gasteiger partial charge on any atom is -0.506 e. The number of rotatable bonds is 16. The molecule has 2 rings (SSSR count). The summed E-state index contributed by atoms with van der Waals surface area (Å²) >= 11 is 4.10. The monoisotopic (exact) mass is 708 g/mol. The second kappa shape index (κ2) is 20.2. The number of carboxylic acid groups (broad SMARTS) is 1. The Hall–Kier alpha value is -0.870. The van der Waals surface area contributed by atoms with E-state index in [-0.39, 0.29) is 5.75 Å². The third-order valence-electron chi connectivity index (χ3n) is 6.03. The van der Waals surface area contributed by atoms with E-state index in [4.69, 9.17) is 5.11 Å². The van der Waals surface area contributed by atoms with Crippen molar-refractivity contribution in [2.75, 3.05) is 6.61 Å². The van der Waals surface area contributed by atoms with Gasteiger partial charge >= 0.3 is 5.97 Å². The van der Waals surface area contributed by atoms with Gasteiger partial charge in [0, 0.05) is 6.61 Å². The van der Waals surface area contributed by atoms with Gasteiger partial charge in [-0.05, 0) is 81.3 Å². The highest BCUT2D eigenvalue weighted by Crippen LogP contribution is 2.30. The van der Waals surface area contributed by atoms with Crippen molar-refractivity contribution in [2.45, 2.75) is 96.3 Å². The fourth-order valence-electron chi connectivity index (χ4n) is 3.96. The minimum absolute atomic E-state index is 0.251. The normalized spacial score (nSPS) is 11.5. The Labute approximate surface area is 239 Å². The summed E-state index contributed by atoms with van der Waals surface area (Å²) < 4.78 is 1.48. The van der Waals surface area contributed by atoms with Crippen LogP contribution in [0.25, 0.3) is 0 Å². The molecule has 196 valence electrons. The molecule has 0 saturated heterocycles. The first kappa shape index (κ1) is 32.2. The van der Waals surface area contributed by atoms with Gasteiger partial charge in [0.05, 0.1) is 13.1 Å². The van der Waals surface area contributed by atoms with Crippen LogP contribution >= 0.6 is 45.2 Å². The standard InChI is InChI=1S/C15H12I2O3.C14H30O/c16-12-7-9(8-13(17)14(12)18)6-11(15(19)20)10-4-2-1-3-5-10;1-2-3-4-5-6-7-8-9-10-11-12-13-14-15/h1-5,7-8,11,18H,6H2,(H,19,20);15H,2-14H2,1H3. The summed E-state index contributed by atoms with van der Waals surface area (Å²) in [6.45, 7) is 2.64. The number of aliphatic hydroxyl groups excluding tert-OH is 1. The maximum Gasteiger partial charge on any atom is 0.311 e. The molecule has 0 aliphatic rings.